The van der Waals surface area contributed by atoms with Gasteiger partial charge in [-0.2, -0.15) is 0 Å². The predicted molar refractivity (Wildman–Crippen MR) is 98.2 cm³/mol. The van der Waals surface area contributed by atoms with E-state index in [9.17, 15) is 9.59 Å². The maximum Gasteiger partial charge on any atom is 0.321 e. The Morgan fingerprint density at radius 1 is 1.29 bits per heavy atom. The Labute approximate surface area is 149 Å². The van der Waals surface area contributed by atoms with Crippen LogP contribution in [0.15, 0.2) is 24.4 Å². The number of para-hydroxylation sites is 1. The lowest BCUT2D eigenvalue weighted by Crippen LogP contribution is -2.29. The van der Waals surface area contributed by atoms with Gasteiger partial charge in [0.25, 0.3) is 5.91 Å². The lowest BCUT2D eigenvalue weighted by molar-refractivity contribution is 0.103. The maximum absolute atomic E-state index is 12.3. The van der Waals surface area contributed by atoms with Gasteiger partial charge in [0.05, 0.1) is 16.9 Å². The first-order chi connectivity index (χ1) is 11.5. The Bertz CT molecular complexity index is 712. The first-order valence-electron chi connectivity index (χ1n) is 7.58. The van der Waals surface area contributed by atoms with Crippen molar-refractivity contribution in [2.24, 2.45) is 0 Å². The average molecular weight is 367 g/mol. The third-order valence-electron chi connectivity index (χ3n) is 3.23. The zero-order valence-electron chi connectivity index (χ0n) is 13.5. The van der Waals surface area contributed by atoms with Crippen LogP contribution in [0.2, 0.25) is 5.02 Å². The maximum atomic E-state index is 12.3. The van der Waals surface area contributed by atoms with E-state index in [2.05, 4.69) is 20.9 Å². The molecule has 0 radical (unpaired) electrons. The molecule has 0 aliphatic heterocycles. The van der Waals surface area contributed by atoms with Crippen molar-refractivity contribution in [3.63, 3.8) is 0 Å². The summed E-state index contributed by atoms with van der Waals surface area (Å²) in [5.74, 6) is -0.317. The zero-order chi connectivity index (χ0) is 17.5. The molecule has 0 aliphatic carbocycles. The van der Waals surface area contributed by atoms with E-state index < -0.39 is 0 Å². The second kappa shape index (κ2) is 8.65. The van der Waals surface area contributed by atoms with Gasteiger partial charge in [-0.25, -0.2) is 9.78 Å². The summed E-state index contributed by atoms with van der Waals surface area (Å²) >= 11 is 7.20. The fourth-order valence-corrected chi connectivity index (χ4v) is 2.90. The van der Waals surface area contributed by atoms with Crippen molar-refractivity contribution < 1.29 is 9.59 Å². The van der Waals surface area contributed by atoms with Gasteiger partial charge in [0.1, 0.15) is 4.88 Å². The number of benzene rings is 1. The first-order valence-corrected chi connectivity index (χ1v) is 8.78. The topological polar surface area (TPSA) is 83.1 Å². The molecule has 6 nitrogen and oxygen atoms in total. The molecule has 0 aliphatic rings. The van der Waals surface area contributed by atoms with Crippen LogP contribution in [-0.2, 0) is 0 Å². The van der Waals surface area contributed by atoms with Crippen LogP contribution in [0.5, 0.6) is 0 Å². The predicted octanol–water partition coefficient (Wildman–Crippen LogP) is 4.28. The normalized spacial score (nSPS) is 10.3. The molecule has 0 fully saturated rings. The molecule has 0 atom stereocenters. The van der Waals surface area contributed by atoms with Crippen molar-refractivity contribution in [1.82, 2.24) is 10.3 Å². The molecule has 128 valence electrons. The van der Waals surface area contributed by atoms with Crippen molar-refractivity contribution in [2.75, 3.05) is 17.2 Å². The van der Waals surface area contributed by atoms with E-state index in [-0.39, 0.29) is 11.9 Å². The largest absolute Gasteiger partial charge is 0.338 e. The van der Waals surface area contributed by atoms with Gasteiger partial charge in [-0.3, -0.25) is 10.1 Å². The third kappa shape index (κ3) is 4.94. The number of amides is 3. The molecule has 1 aromatic heterocycles. The Kier molecular flexibility index (Phi) is 6.57. The van der Waals surface area contributed by atoms with E-state index in [1.807, 2.05) is 26.0 Å². The summed E-state index contributed by atoms with van der Waals surface area (Å²) in [5, 5.41) is 8.95. The summed E-state index contributed by atoms with van der Waals surface area (Å²) in [6.07, 6.45) is 3.34. The van der Waals surface area contributed by atoms with E-state index >= 15 is 0 Å². The molecule has 1 heterocycles. The van der Waals surface area contributed by atoms with Crippen molar-refractivity contribution >= 4 is 45.7 Å². The van der Waals surface area contributed by atoms with Crippen LogP contribution < -0.4 is 16.0 Å². The van der Waals surface area contributed by atoms with Crippen LogP contribution >= 0.6 is 22.9 Å². The number of halogens is 1. The number of anilines is 2. The average Bonchev–Trinajstić information content (AvgIpc) is 2.99. The number of rotatable bonds is 6. The number of nitrogens with zero attached hydrogens (tertiary/aromatic N) is 1. The molecule has 8 heteroatoms. The number of aryl methyl sites for hydroxylation is 1. The number of nitrogens with one attached hydrogen (secondary N) is 3. The second-order valence-electron chi connectivity index (χ2n) is 5.15. The molecule has 2 rings (SSSR count). The summed E-state index contributed by atoms with van der Waals surface area (Å²) < 4.78 is 0. The Hall–Kier alpha value is -2.12. The van der Waals surface area contributed by atoms with E-state index in [1.165, 1.54) is 6.20 Å². The summed E-state index contributed by atoms with van der Waals surface area (Å²) in [7, 11) is 0. The minimum Gasteiger partial charge on any atom is -0.338 e. The number of hydrogen-bond donors (Lipinski definition) is 3. The lowest BCUT2D eigenvalue weighted by Gasteiger charge is -2.08. The molecule has 0 unspecified atom stereocenters. The number of urea groups is 1. The summed E-state index contributed by atoms with van der Waals surface area (Å²) in [4.78, 5) is 28.4. The highest BCUT2D eigenvalue weighted by atomic mass is 35.5. The minimum absolute atomic E-state index is 0.317. The Morgan fingerprint density at radius 2 is 2.08 bits per heavy atom. The van der Waals surface area contributed by atoms with Crippen molar-refractivity contribution in [1.29, 1.82) is 0 Å². The molecule has 0 bridgehead atoms. The Morgan fingerprint density at radius 3 is 2.79 bits per heavy atom. The summed E-state index contributed by atoms with van der Waals surface area (Å²) in [6, 6.07) is 5.07. The Balaban J connectivity index is 1.97. The fraction of sp³-hybridized carbons (Fsp3) is 0.312. The number of carbonyl (C=O) groups is 2. The standard InChI is InChI=1S/C16H19ClN4O2S/c1-3-4-8-18-15(23)21-16-19-9-12(24-16)14(22)20-13-10(2)6-5-7-11(13)17/h5-7,9H,3-4,8H2,1-2H3,(H,20,22)(H2,18,19,21,23). The second-order valence-corrected chi connectivity index (χ2v) is 6.59. The smallest absolute Gasteiger partial charge is 0.321 e. The van der Waals surface area contributed by atoms with Crippen LogP contribution in [-0.4, -0.2) is 23.5 Å². The first kappa shape index (κ1) is 18.2. The van der Waals surface area contributed by atoms with Crippen LogP contribution in [0.1, 0.15) is 35.0 Å². The number of carbonyl (C=O) groups excluding carboxylic acids is 2. The lowest BCUT2D eigenvalue weighted by atomic mass is 10.2. The summed E-state index contributed by atoms with van der Waals surface area (Å²) in [5.41, 5.74) is 1.44. The van der Waals surface area contributed by atoms with Gasteiger partial charge in [-0.1, -0.05) is 48.4 Å². The molecule has 3 amide bonds. The van der Waals surface area contributed by atoms with Crippen LogP contribution in [0.4, 0.5) is 15.6 Å². The van der Waals surface area contributed by atoms with E-state index in [4.69, 9.17) is 11.6 Å². The molecule has 3 N–H and O–H groups in total. The van der Waals surface area contributed by atoms with E-state index in [0.29, 0.717) is 27.3 Å². The van der Waals surface area contributed by atoms with Gasteiger partial charge in [-0.05, 0) is 25.0 Å². The van der Waals surface area contributed by atoms with Crippen molar-refractivity contribution in [3.8, 4) is 0 Å². The third-order valence-corrected chi connectivity index (χ3v) is 4.45. The van der Waals surface area contributed by atoms with Gasteiger partial charge in [-0.15, -0.1) is 0 Å². The number of aromatic nitrogens is 1. The molecular weight excluding hydrogens is 348 g/mol. The van der Waals surface area contributed by atoms with Gasteiger partial charge in [0.15, 0.2) is 5.13 Å². The zero-order valence-corrected chi connectivity index (χ0v) is 15.1. The van der Waals surface area contributed by atoms with Crippen LogP contribution in [0, 0.1) is 6.92 Å². The number of thiazole rings is 1. The van der Waals surface area contributed by atoms with E-state index in [0.717, 1.165) is 29.7 Å². The minimum atomic E-state index is -0.327. The van der Waals surface area contributed by atoms with Crippen molar-refractivity contribution in [2.45, 2.75) is 26.7 Å². The van der Waals surface area contributed by atoms with E-state index in [1.54, 1.807) is 6.07 Å². The molecule has 0 spiro atoms. The number of unbranched alkanes of at least 4 members (excludes halogenated alkanes) is 1. The molecule has 1 aromatic carbocycles. The highest BCUT2D eigenvalue weighted by molar-refractivity contribution is 7.17. The van der Waals surface area contributed by atoms with Gasteiger partial charge >= 0.3 is 6.03 Å². The highest BCUT2D eigenvalue weighted by Crippen LogP contribution is 2.27. The SMILES string of the molecule is CCCCNC(=O)Nc1ncc(C(=O)Nc2c(C)cccc2Cl)s1. The quantitative estimate of drug-likeness (QED) is 0.667. The number of hydrogen-bond acceptors (Lipinski definition) is 4. The highest BCUT2D eigenvalue weighted by Gasteiger charge is 2.14. The fourth-order valence-electron chi connectivity index (χ4n) is 1.92. The van der Waals surface area contributed by atoms with Crippen LogP contribution in [0.3, 0.4) is 0 Å². The molecule has 24 heavy (non-hydrogen) atoms. The van der Waals surface area contributed by atoms with Gasteiger partial charge in [0, 0.05) is 6.54 Å². The van der Waals surface area contributed by atoms with Crippen molar-refractivity contribution in [3.05, 3.63) is 39.9 Å². The molecular formula is C16H19ClN4O2S. The molecule has 0 saturated carbocycles. The van der Waals surface area contributed by atoms with Gasteiger partial charge < -0.3 is 10.6 Å². The molecule has 0 saturated heterocycles. The molecule has 2 aromatic rings. The summed E-state index contributed by atoms with van der Waals surface area (Å²) in [6.45, 7) is 4.51. The van der Waals surface area contributed by atoms with Crippen LogP contribution in [0.25, 0.3) is 0 Å². The monoisotopic (exact) mass is 366 g/mol. The van der Waals surface area contributed by atoms with Gasteiger partial charge in [0.2, 0.25) is 0 Å².